The van der Waals surface area contributed by atoms with E-state index in [1.165, 1.54) is 0 Å². The molecule has 6 heteroatoms. The molecule has 0 spiro atoms. The maximum atomic E-state index is 12.6. The Morgan fingerprint density at radius 1 is 0.759 bits per heavy atom. The minimum atomic E-state index is -3.69. The summed E-state index contributed by atoms with van der Waals surface area (Å²) >= 11 is 0. The number of carbonyl (C=O) groups excluding carboxylic acids is 1. The Morgan fingerprint density at radius 2 is 1.45 bits per heavy atom. The molecule has 0 unspecified atom stereocenters. The van der Waals surface area contributed by atoms with Gasteiger partial charge in [0, 0.05) is 11.3 Å². The van der Waals surface area contributed by atoms with E-state index in [9.17, 15) is 13.2 Å². The average molecular weight is 409 g/mol. The maximum absolute atomic E-state index is 12.6. The van der Waals surface area contributed by atoms with Gasteiger partial charge in [0.15, 0.2) is 0 Å². The van der Waals surface area contributed by atoms with Crippen LogP contribution in [-0.2, 0) is 10.0 Å². The Balaban J connectivity index is 1.78. The van der Waals surface area contributed by atoms with Gasteiger partial charge in [-0.25, -0.2) is 8.42 Å². The van der Waals surface area contributed by atoms with Gasteiger partial charge in [-0.1, -0.05) is 23.8 Å². The summed E-state index contributed by atoms with van der Waals surface area (Å²) in [6.07, 6.45) is 0. The first-order valence-electron chi connectivity index (χ1n) is 9.24. The number of nitrogens with one attached hydrogen (secondary N) is 2. The van der Waals surface area contributed by atoms with Crippen LogP contribution in [0.15, 0.2) is 65.6 Å². The number of sulfonamides is 1. The Labute approximate surface area is 171 Å². The van der Waals surface area contributed by atoms with Gasteiger partial charge >= 0.3 is 0 Å². The average Bonchev–Trinajstić information content (AvgIpc) is 2.66. The molecule has 0 heterocycles. The van der Waals surface area contributed by atoms with Gasteiger partial charge in [-0.2, -0.15) is 0 Å². The zero-order chi connectivity index (χ0) is 21.2. The molecule has 0 bridgehead atoms. The number of rotatable bonds is 5. The quantitative estimate of drug-likeness (QED) is 0.626. The van der Waals surface area contributed by atoms with Crippen LogP contribution in [-0.4, -0.2) is 14.3 Å². The van der Waals surface area contributed by atoms with Crippen LogP contribution in [0.25, 0.3) is 0 Å². The van der Waals surface area contributed by atoms with E-state index >= 15 is 0 Å². The van der Waals surface area contributed by atoms with E-state index in [1.807, 2.05) is 39.0 Å². The van der Waals surface area contributed by atoms with Crippen molar-refractivity contribution in [2.75, 3.05) is 10.0 Å². The van der Waals surface area contributed by atoms with Crippen molar-refractivity contribution in [2.24, 2.45) is 0 Å². The molecule has 3 aromatic carbocycles. The summed E-state index contributed by atoms with van der Waals surface area (Å²) < 4.78 is 27.8. The molecule has 150 valence electrons. The van der Waals surface area contributed by atoms with Gasteiger partial charge in [0.25, 0.3) is 15.9 Å². The largest absolute Gasteiger partial charge is 0.322 e. The molecule has 0 fully saturated rings. The van der Waals surface area contributed by atoms with Crippen LogP contribution in [0.1, 0.15) is 32.6 Å². The molecule has 2 N–H and O–H groups in total. The van der Waals surface area contributed by atoms with Crippen LogP contribution >= 0.6 is 0 Å². The normalized spacial score (nSPS) is 11.2. The summed E-state index contributed by atoms with van der Waals surface area (Å²) in [5.74, 6) is -0.246. The lowest BCUT2D eigenvalue weighted by atomic mass is 10.1. The van der Waals surface area contributed by atoms with Gasteiger partial charge in [0.1, 0.15) is 0 Å². The Hall–Kier alpha value is -3.12. The molecular formula is C23H24N2O3S. The Kier molecular flexibility index (Phi) is 5.75. The minimum absolute atomic E-state index is 0.194. The smallest absolute Gasteiger partial charge is 0.261 e. The van der Waals surface area contributed by atoms with Crippen LogP contribution in [0.3, 0.4) is 0 Å². The van der Waals surface area contributed by atoms with Gasteiger partial charge in [-0.05, 0) is 86.8 Å². The lowest BCUT2D eigenvalue weighted by molar-refractivity contribution is 0.102. The molecule has 0 aliphatic carbocycles. The predicted octanol–water partition coefficient (Wildman–Crippen LogP) is 4.97. The van der Waals surface area contributed by atoms with Crippen molar-refractivity contribution in [3.05, 3.63) is 88.5 Å². The van der Waals surface area contributed by atoms with Crippen molar-refractivity contribution in [3.8, 4) is 0 Å². The SMILES string of the molecule is Cc1ccc(S(=O)(=O)Nc2ccc(C(=O)Nc3ccc(C)c(C)c3)cc2C)cc1. The standard InChI is InChI=1S/C23H24N2O3S/c1-15-5-10-21(11-6-15)29(27,28)25-22-12-8-19(13-18(22)4)23(26)24-20-9-7-16(2)17(3)14-20/h5-14,25H,1-4H3,(H,24,26). The molecule has 0 atom stereocenters. The van der Waals surface area contributed by atoms with E-state index in [0.717, 1.165) is 22.4 Å². The molecule has 0 saturated heterocycles. The molecule has 1 amide bonds. The fourth-order valence-corrected chi connectivity index (χ4v) is 3.99. The highest BCUT2D eigenvalue weighted by molar-refractivity contribution is 7.92. The third-order valence-electron chi connectivity index (χ3n) is 4.83. The van der Waals surface area contributed by atoms with Crippen molar-refractivity contribution >= 4 is 27.3 Å². The van der Waals surface area contributed by atoms with E-state index in [4.69, 9.17) is 0 Å². The number of carbonyl (C=O) groups is 1. The first kappa shape index (κ1) is 20.6. The molecule has 0 aliphatic rings. The number of aryl methyl sites for hydroxylation is 4. The number of hydrogen-bond donors (Lipinski definition) is 2. The third kappa shape index (κ3) is 4.84. The summed E-state index contributed by atoms with van der Waals surface area (Å²) in [6.45, 7) is 7.67. The highest BCUT2D eigenvalue weighted by Gasteiger charge is 2.16. The van der Waals surface area contributed by atoms with Crippen LogP contribution in [0.4, 0.5) is 11.4 Å². The summed E-state index contributed by atoms with van der Waals surface area (Å²) in [5.41, 5.74) is 5.52. The Morgan fingerprint density at radius 3 is 2.07 bits per heavy atom. The molecule has 5 nitrogen and oxygen atoms in total. The summed E-state index contributed by atoms with van der Waals surface area (Å²) in [7, 11) is -3.69. The van der Waals surface area contributed by atoms with Crippen molar-refractivity contribution in [1.29, 1.82) is 0 Å². The maximum Gasteiger partial charge on any atom is 0.261 e. The fraction of sp³-hybridized carbons (Fsp3) is 0.174. The van der Waals surface area contributed by atoms with Gasteiger partial charge in [-0.3, -0.25) is 9.52 Å². The van der Waals surface area contributed by atoms with Crippen LogP contribution in [0.2, 0.25) is 0 Å². The molecule has 3 rings (SSSR count). The van der Waals surface area contributed by atoms with Crippen molar-refractivity contribution in [1.82, 2.24) is 0 Å². The monoisotopic (exact) mass is 408 g/mol. The minimum Gasteiger partial charge on any atom is -0.322 e. The second kappa shape index (κ2) is 8.09. The lowest BCUT2D eigenvalue weighted by Crippen LogP contribution is -2.15. The second-order valence-corrected chi connectivity index (χ2v) is 8.88. The molecule has 29 heavy (non-hydrogen) atoms. The van der Waals surface area contributed by atoms with Gasteiger partial charge < -0.3 is 5.32 Å². The zero-order valence-electron chi connectivity index (χ0n) is 16.9. The van der Waals surface area contributed by atoms with E-state index in [-0.39, 0.29) is 10.8 Å². The van der Waals surface area contributed by atoms with Gasteiger partial charge in [0.2, 0.25) is 0 Å². The molecule has 0 radical (unpaired) electrons. The first-order chi connectivity index (χ1) is 13.7. The first-order valence-corrected chi connectivity index (χ1v) is 10.7. The van der Waals surface area contributed by atoms with E-state index in [0.29, 0.717) is 16.8 Å². The summed E-state index contributed by atoms with van der Waals surface area (Å²) in [4.78, 5) is 12.8. The number of hydrogen-bond acceptors (Lipinski definition) is 3. The topological polar surface area (TPSA) is 75.3 Å². The van der Waals surface area contributed by atoms with Crippen molar-refractivity contribution in [3.63, 3.8) is 0 Å². The molecule has 0 aromatic heterocycles. The zero-order valence-corrected chi connectivity index (χ0v) is 17.7. The van der Waals surface area contributed by atoms with Crippen LogP contribution in [0, 0.1) is 27.7 Å². The highest BCUT2D eigenvalue weighted by atomic mass is 32.2. The Bertz CT molecular complexity index is 1170. The molecule has 0 saturated carbocycles. The summed E-state index contributed by atoms with van der Waals surface area (Å²) in [6, 6.07) is 17.3. The molecule has 0 aliphatic heterocycles. The fourth-order valence-electron chi connectivity index (χ4n) is 2.86. The molecular weight excluding hydrogens is 384 g/mol. The van der Waals surface area contributed by atoms with E-state index in [2.05, 4.69) is 10.0 Å². The lowest BCUT2D eigenvalue weighted by Gasteiger charge is -2.13. The van der Waals surface area contributed by atoms with Crippen molar-refractivity contribution in [2.45, 2.75) is 32.6 Å². The van der Waals surface area contributed by atoms with Gasteiger partial charge in [-0.15, -0.1) is 0 Å². The molecule has 3 aromatic rings. The van der Waals surface area contributed by atoms with Crippen LogP contribution < -0.4 is 10.0 Å². The number of anilines is 2. The second-order valence-electron chi connectivity index (χ2n) is 7.20. The van der Waals surface area contributed by atoms with Crippen molar-refractivity contribution < 1.29 is 13.2 Å². The third-order valence-corrected chi connectivity index (χ3v) is 6.21. The van der Waals surface area contributed by atoms with Gasteiger partial charge in [0.05, 0.1) is 10.6 Å². The predicted molar refractivity (Wildman–Crippen MR) is 117 cm³/mol. The summed E-state index contributed by atoms with van der Waals surface area (Å²) in [5, 5.41) is 2.87. The van der Waals surface area contributed by atoms with E-state index in [1.54, 1.807) is 49.4 Å². The van der Waals surface area contributed by atoms with E-state index < -0.39 is 10.0 Å². The number of amides is 1. The number of benzene rings is 3. The highest BCUT2D eigenvalue weighted by Crippen LogP contribution is 2.22. The van der Waals surface area contributed by atoms with Crippen LogP contribution in [0.5, 0.6) is 0 Å².